The average molecular weight is 620 g/mol. The lowest BCUT2D eigenvalue weighted by Gasteiger charge is -2.60. The number of allylic oxidation sites excluding steroid dienone is 4. The molecule has 0 aliphatic heterocycles. The van der Waals surface area contributed by atoms with Gasteiger partial charge in [-0.3, -0.25) is 23.4 Å². The molecular formula is C26H32BrFO9S. The van der Waals surface area contributed by atoms with Crippen molar-refractivity contribution < 1.29 is 45.6 Å². The summed E-state index contributed by atoms with van der Waals surface area (Å²) in [7, 11) is -4.01. The maximum atomic E-state index is 15.8. The number of ether oxygens (including phenoxy) is 2. The Morgan fingerprint density at radius 3 is 2.42 bits per heavy atom. The summed E-state index contributed by atoms with van der Waals surface area (Å²) < 4.78 is 57.4. The Bertz CT molecular complexity index is 1260. The summed E-state index contributed by atoms with van der Waals surface area (Å²) in [5.74, 6) is -3.75. The predicted octanol–water partition coefficient (Wildman–Crippen LogP) is 3.35. The van der Waals surface area contributed by atoms with Gasteiger partial charge in [-0.1, -0.05) is 19.9 Å². The highest BCUT2D eigenvalue weighted by molar-refractivity contribution is 9.12. The van der Waals surface area contributed by atoms with E-state index >= 15 is 4.39 Å². The fraction of sp³-hybridized carbons (Fsp3) is 0.692. The van der Waals surface area contributed by atoms with Crippen LogP contribution in [0.2, 0.25) is 0 Å². The van der Waals surface area contributed by atoms with Crippen molar-refractivity contribution in [3.63, 3.8) is 0 Å². The highest BCUT2D eigenvalue weighted by atomic mass is 79.9. The molecule has 0 N–H and O–H groups in total. The van der Waals surface area contributed by atoms with Crippen LogP contribution in [0.5, 0.6) is 0 Å². The number of carbonyl (C=O) groups excluding carboxylic acids is 4. The van der Waals surface area contributed by atoms with Crippen LogP contribution in [0.15, 0.2) is 22.2 Å². The Hall–Kier alpha value is -1.92. The fourth-order valence-corrected chi connectivity index (χ4v) is 9.10. The van der Waals surface area contributed by atoms with Gasteiger partial charge >= 0.3 is 11.9 Å². The molecule has 0 saturated heterocycles. The Labute approximate surface area is 229 Å². The lowest BCUT2D eigenvalue weighted by atomic mass is 9.46. The molecule has 8 atom stereocenters. The predicted molar refractivity (Wildman–Crippen MR) is 136 cm³/mol. The van der Waals surface area contributed by atoms with Crippen LogP contribution in [0.4, 0.5) is 4.39 Å². The number of fused-ring (bicyclic) bond motifs is 5. The van der Waals surface area contributed by atoms with Gasteiger partial charge in [0.05, 0.1) is 16.8 Å². The summed E-state index contributed by atoms with van der Waals surface area (Å²) in [5.41, 5.74) is -3.63. The van der Waals surface area contributed by atoms with Crippen LogP contribution in [0.25, 0.3) is 0 Å². The van der Waals surface area contributed by atoms with E-state index in [2.05, 4.69) is 15.9 Å². The Morgan fingerprint density at radius 1 is 1.18 bits per heavy atom. The molecule has 0 aromatic carbocycles. The molecule has 0 heterocycles. The molecule has 210 valence electrons. The molecule has 3 fully saturated rings. The maximum absolute atomic E-state index is 15.8. The molecule has 3 saturated carbocycles. The van der Waals surface area contributed by atoms with Crippen molar-refractivity contribution in [3.8, 4) is 0 Å². The summed E-state index contributed by atoms with van der Waals surface area (Å²) in [6.07, 6.45) is 1.83. The molecule has 0 amide bonds. The summed E-state index contributed by atoms with van der Waals surface area (Å²) in [5, 5.41) is 0. The second-order valence-electron chi connectivity index (χ2n) is 11.4. The number of esters is 2. The van der Waals surface area contributed by atoms with E-state index in [0.29, 0.717) is 6.42 Å². The molecule has 38 heavy (non-hydrogen) atoms. The second kappa shape index (κ2) is 9.62. The molecule has 9 nitrogen and oxygen atoms in total. The van der Waals surface area contributed by atoms with Crippen LogP contribution in [-0.4, -0.2) is 62.7 Å². The second-order valence-corrected chi connectivity index (χ2v) is 13.8. The molecular weight excluding hydrogens is 587 g/mol. The third-order valence-electron chi connectivity index (χ3n) is 9.11. The zero-order valence-corrected chi connectivity index (χ0v) is 24.3. The molecule has 4 rings (SSSR count). The number of hydrogen-bond donors (Lipinski definition) is 0. The van der Waals surface area contributed by atoms with Crippen molar-refractivity contribution in [2.45, 2.75) is 71.3 Å². The van der Waals surface area contributed by atoms with Gasteiger partial charge in [0.2, 0.25) is 5.78 Å². The van der Waals surface area contributed by atoms with Crippen LogP contribution in [0, 0.1) is 28.6 Å². The highest BCUT2D eigenvalue weighted by Gasteiger charge is 2.71. The van der Waals surface area contributed by atoms with Crippen LogP contribution in [-0.2, 0) is 43.0 Å². The van der Waals surface area contributed by atoms with Crippen molar-refractivity contribution in [1.29, 1.82) is 0 Å². The van der Waals surface area contributed by atoms with Gasteiger partial charge in [0, 0.05) is 30.6 Å². The molecule has 0 bridgehead atoms. The van der Waals surface area contributed by atoms with Gasteiger partial charge in [-0.25, -0.2) is 4.39 Å². The topological polar surface area (TPSA) is 130 Å². The summed E-state index contributed by atoms with van der Waals surface area (Å²) in [6.45, 7) is 5.22. The van der Waals surface area contributed by atoms with E-state index in [0.717, 1.165) is 13.2 Å². The van der Waals surface area contributed by atoms with Gasteiger partial charge in [-0.05, 0) is 65.1 Å². The zero-order valence-electron chi connectivity index (χ0n) is 21.9. The fourth-order valence-electron chi connectivity index (χ4n) is 7.87. The van der Waals surface area contributed by atoms with Gasteiger partial charge in [0.25, 0.3) is 10.1 Å². The van der Waals surface area contributed by atoms with E-state index in [9.17, 15) is 27.6 Å². The maximum Gasteiger partial charge on any atom is 0.303 e. The van der Waals surface area contributed by atoms with Crippen LogP contribution >= 0.6 is 15.9 Å². The smallest absolute Gasteiger partial charge is 0.303 e. The first kappa shape index (κ1) is 29.1. The minimum atomic E-state index is -4.01. The third-order valence-corrected chi connectivity index (χ3v) is 10.3. The number of ketones is 2. The first-order chi connectivity index (χ1) is 17.4. The van der Waals surface area contributed by atoms with E-state index in [-0.39, 0.29) is 41.0 Å². The Morgan fingerprint density at radius 2 is 1.84 bits per heavy atom. The monoisotopic (exact) mass is 618 g/mol. The number of halogens is 2. The van der Waals surface area contributed by atoms with Crippen molar-refractivity contribution in [2.24, 2.45) is 28.6 Å². The first-order valence-electron chi connectivity index (χ1n) is 12.5. The van der Waals surface area contributed by atoms with Gasteiger partial charge in [0.1, 0.15) is 6.17 Å². The number of Topliss-reactive ketones (excluding diaryl/α,β-unsaturated/α-hetero) is 1. The SMILES string of the molecule is CC(=O)OCC(=O)[C@]1(OC(C)=O)CC[C@H]2[C@@H]3C[C@@H](F)C4=CC(=O)C(Br)=C[C@]4(C)[C@H]3[C@H](OS(C)(=O)=O)C[C@@]21C. The van der Waals surface area contributed by atoms with E-state index in [4.69, 9.17) is 13.7 Å². The quantitative estimate of drug-likeness (QED) is 0.325. The average Bonchev–Trinajstić information content (AvgIpc) is 3.04. The highest BCUT2D eigenvalue weighted by Crippen LogP contribution is 2.69. The standard InChI is InChI=1S/C26H32BrFO9S/c1-13(29)35-12-22(32)26(36-14(2)30)7-6-16-15-8-19(28)17-9-20(31)18(27)10-24(17,3)23(15)21(11-25(16,26)4)37-38(5,33)34/h9-10,15-16,19,21,23H,6-8,11-12H2,1-5H3/t15-,16-,19+,21+,23+,24-,25-,26+/m0/s1. The molecule has 4 aliphatic carbocycles. The van der Waals surface area contributed by atoms with Crippen LogP contribution < -0.4 is 0 Å². The number of carbonyl (C=O) groups is 4. The van der Waals surface area contributed by atoms with Crippen molar-refractivity contribution >= 4 is 49.6 Å². The Balaban J connectivity index is 1.87. The molecule has 0 aromatic rings. The largest absolute Gasteiger partial charge is 0.458 e. The molecule has 0 spiro atoms. The van der Waals surface area contributed by atoms with Gasteiger partial charge < -0.3 is 9.47 Å². The Kier molecular flexibility index (Phi) is 7.36. The normalized spacial score (nSPS) is 40.2. The third kappa shape index (κ3) is 4.60. The lowest BCUT2D eigenvalue weighted by Crippen LogP contribution is -2.64. The molecule has 0 aromatic heterocycles. The van der Waals surface area contributed by atoms with Gasteiger partial charge in [-0.15, -0.1) is 0 Å². The zero-order chi connectivity index (χ0) is 28.4. The van der Waals surface area contributed by atoms with E-state index in [1.54, 1.807) is 19.9 Å². The number of alkyl halides is 1. The van der Waals surface area contributed by atoms with Gasteiger partial charge in [0.15, 0.2) is 18.0 Å². The summed E-state index contributed by atoms with van der Waals surface area (Å²) in [6, 6.07) is 0. The van der Waals surface area contributed by atoms with Crippen LogP contribution in [0.3, 0.4) is 0 Å². The molecule has 0 unspecified atom stereocenters. The lowest BCUT2D eigenvalue weighted by molar-refractivity contribution is -0.198. The summed E-state index contributed by atoms with van der Waals surface area (Å²) >= 11 is 3.27. The van der Waals surface area contributed by atoms with Gasteiger partial charge in [-0.2, -0.15) is 8.42 Å². The summed E-state index contributed by atoms with van der Waals surface area (Å²) in [4.78, 5) is 49.8. The van der Waals surface area contributed by atoms with E-state index < -0.39 is 75.0 Å². The van der Waals surface area contributed by atoms with E-state index in [1.807, 2.05) is 0 Å². The molecule has 12 heteroatoms. The van der Waals surface area contributed by atoms with Crippen molar-refractivity contribution in [3.05, 3.63) is 22.2 Å². The molecule has 4 aliphatic rings. The number of rotatable bonds is 6. The first-order valence-corrected chi connectivity index (χ1v) is 15.1. The number of hydrogen-bond acceptors (Lipinski definition) is 9. The minimum absolute atomic E-state index is 0.00419. The van der Waals surface area contributed by atoms with Crippen molar-refractivity contribution in [2.75, 3.05) is 12.9 Å². The van der Waals surface area contributed by atoms with E-state index in [1.165, 1.54) is 13.0 Å². The van der Waals surface area contributed by atoms with Crippen molar-refractivity contribution in [1.82, 2.24) is 0 Å². The van der Waals surface area contributed by atoms with Crippen LogP contribution in [0.1, 0.15) is 53.4 Å². The minimum Gasteiger partial charge on any atom is -0.458 e. The molecule has 0 radical (unpaired) electrons.